The fourth-order valence-electron chi connectivity index (χ4n) is 4.16. The Hall–Kier alpha value is -0.620. The fraction of sp³-hybridized carbons (Fsp3) is 0.929. The summed E-state index contributed by atoms with van der Waals surface area (Å²) < 4.78 is 23.4. The highest BCUT2D eigenvalue weighted by molar-refractivity contribution is 7.91. The van der Waals surface area contributed by atoms with Gasteiger partial charge in [-0.25, -0.2) is 8.42 Å². The summed E-state index contributed by atoms with van der Waals surface area (Å²) in [4.78, 5) is 12.7. The molecule has 20 heavy (non-hydrogen) atoms. The predicted molar refractivity (Wildman–Crippen MR) is 77.1 cm³/mol. The van der Waals surface area contributed by atoms with E-state index in [-0.39, 0.29) is 28.9 Å². The van der Waals surface area contributed by atoms with Crippen LogP contribution in [0, 0.1) is 11.3 Å². The van der Waals surface area contributed by atoms with Crippen molar-refractivity contribution >= 4 is 15.7 Å². The Bertz CT molecular complexity index is 491. The van der Waals surface area contributed by atoms with E-state index in [9.17, 15) is 13.2 Å². The number of hydrogen-bond acceptors (Lipinski definition) is 4. The summed E-state index contributed by atoms with van der Waals surface area (Å²) in [6, 6.07) is -0.182. The summed E-state index contributed by atoms with van der Waals surface area (Å²) in [5.74, 6) is 0.910. The SMILES string of the molecule is O=C(NC1CCCS(=O)(=O)C1)[C@@]12CCCC[C@H]1CNC2. The maximum Gasteiger partial charge on any atom is 0.228 e. The first-order valence-corrected chi connectivity index (χ1v) is 9.56. The Labute approximate surface area is 120 Å². The first kappa shape index (κ1) is 14.3. The molecule has 1 unspecified atom stereocenters. The van der Waals surface area contributed by atoms with Gasteiger partial charge in [0.05, 0.1) is 16.9 Å². The number of fused-ring (bicyclic) bond motifs is 1. The van der Waals surface area contributed by atoms with E-state index < -0.39 is 9.84 Å². The van der Waals surface area contributed by atoms with Gasteiger partial charge < -0.3 is 10.6 Å². The first-order valence-electron chi connectivity index (χ1n) is 7.74. The third-order valence-electron chi connectivity index (χ3n) is 5.29. The van der Waals surface area contributed by atoms with Crippen LogP contribution in [0.2, 0.25) is 0 Å². The highest BCUT2D eigenvalue weighted by Crippen LogP contribution is 2.44. The average Bonchev–Trinajstić information content (AvgIpc) is 2.82. The molecule has 3 rings (SSSR count). The molecule has 0 aromatic carbocycles. The zero-order valence-electron chi connectivity index (χ0n) is 11.9. The van der Waals surface area contributed by atoms with Gasteiger partial charge in [-0.05, 0) is 38.1 Å². The molecule has 0 aromatic rings. The smallest absolute Gasteiger partial charge is 0.228 e. The number of amides is 1. The molecule has 2 heterocycles. The number of hydrogen-bond donors (Lipinski definition) is 2. The molecule has 5 nitrogen and oxygen atoms in total. The first-order chi connectivity index (χ1) is 9.52. The fourth-order valence-corrected chi connectivity index (χ4v) is 5.79. The normalized spacial score (nSPS) is 40.0. The third-order valence-corrected chi connectivity index (χ3v) is 7.11. The minimum Gasteiger partial charge on any atom is -0.352 e. The lowest BCUT2D eigenvalue weighted by Crippen LogP contribution is -2.53. The second-order valence-corrected chi connectivity index (χ2v) is 8.89. The lowest BCUT2D eigenvalue weighted by atomic mass is 9.67. The van der Waals surface area contributed by atoms with Gasteiger partial charge >= 0.3 is 0 Å². The third kappa shape index (κ3) is 2.60. The number of sulfone groups is 1. The second-order valence-electron chi connectivity index (χ2n) is 6.66. The van der Waals surface area contributed by atoms with Gasteiger partial charge in [0, 0.05) is 12.6 Å². The van der Waals surface area contributed by atoms with E-state index in [1.165, 1.54) is 6.42 Å². The topological polar surface area (TPSA) is 75.3 Å². The minimum atomic E-state index is -2.96. The van der Waals surface area contributed by atoms with Crippen molar-refractivity contribution in [3.63, 3.8) is 0 Å². The highest BCUT2D eigenvalue weighted by atomic mass is 32.2. The lowest BCUT2D eigenvalue weighted by Gasteiger charge is -2.38. The molecule has 1 amide bonds. The van der Waals surface area contributed by atoms with E-state index in [1.807, 2.05) is 0 Å². The van der Waals surface area contributed by atoms with Crippen molar-refractivity contribution in [2.45, 2.75) is 44.6 Å². The summed E-state index contributed by atoms with van der Waals surface area (Å²) in [6.07, 6.45) is 5.83. The van der Waals surface area contributed by atoms with E-state index >= 15 is 0 Å². The number of nitrogens with one attached hydrogen (secondary N) is 2. The molecule has 2 aliphatic heterocycles. The summed E-state index contributed by atoms with van der Waals surface area (Å²) in [5.41, 5.74) is -0.278. The molecular formula is C14H24N2O3S. The van der Waals surface area contributed by atoms with Gasteiger partial charge in [-0.1, -0.05) is 12.8 Å². The van der Waals surface area contributed by atoms with Crippen molar-refractivity contribution in [1.29, 1.82) is 0 Å². The van der Waals surface area contributed by atoms with Crippen LogP contribution in [0.25, 0.3) is 0 Å². The van der Waals surface area contributed by atoms with Gasteiger partial charge in [-0.15, -0.1) is 0 Å². The molecule has 114 valence electrons. The second kappa shape index (κ2) is 5.30. The molecule has 0 spiro atoms. The molecule has 3 fully saturated rings. The monoisotopic (exact) mass is 300 g/mol. The zero-order valence-corrected chi connectivity index (χ0v) is 12.7. The Morgan fingerprint density at radius 1 is 1.20 bits per heavy atom. The Balaban J connectivity index is 1.69. The minimum absolute atomic E-state index is 0.0919. The Morgan fingerprint density at radius 2 is 2.05 bits per heavy atom. The standard InChI is InChI=1S/C14H24N2O3S/c17-13(16-12-5-3-7-20(18,19)9-12)14-6-2-1-4-11(14)8-15-10-14/h11-12,15H,1-10H2,(H,16,17)/t11-,12?,14+/m0/s1. The van der Waals surface area contributed by atoms with E-state index in [0.29, 0.717) is 12.3 Å². The van der Waals surface area contributed by atoms with Gasteiger partial charge in [0.2, 0.25) is 5.91 Å². The molecule has 1 saturated carbocycles. The van der Waals surface area contributed by atoms with Crippen LogP contribution < -0.4 is 10.6 Å². The number of carbonyl (C=O) groups excluding carboxylic acids is 1. The van der Waals surface area contributed by atoms with Crippen molar-refractivity contribution in [2.75, 3.05) is 24.6 Å². The average molecular weight is 300 g/mol. The van der Waals surface area contributed by atoms with Crippen LogP contribution in [-0.2, 0) is 14.6 Å². The largest absolute Gasteiger partial charge is 0.352 e. The van der Waals surface area contributed by atoms with Crippen molar-refractivity contribution in [2.24, 2.45) is 11.3 Å². The van der Waals surface area contributed by atoms with Gasteiger partial charge in [0.1, 0.15) is 0 Å². The van der Waals surface area contributed by atoms with E-state index in [0.717, 1.165) is 38.8 Å². The van der Waals surface area contributed by atoms with Crippen LogP contribution in [0.4, 0.5) is 0 Å². The van der Waals surface area contributed by atoms with Crippen molar-refractivity contribution < 1.29 is 13.2 Å². The zero-order chi connectivity index (χ0) is 14.2. The Morgan fingerprint density at radius 3 is 2.85 bits per heavy atom. The van der Waals surface area contributed by atoms with Crippen LogP contribution in [-0.4, -0.2) is 45.0 Å². The van der Waals surface area contributed by atoms with Crippen LogP contribution in [0.3, 0.4) is 0 Å². The van der Waals surface area contributed by atoms with Gasteiger partial charge in [0.15, 0.2) is 9.84 Å². The molecule has 2 N–H and O–H groups in total. The maximum atomic E-state index is 12.7. The lowest BCUT2D eigenvalue weighted by molar-refractivity contribution is -0.134. The highest BCUT2D eigenvalue weighted by Gasteiger charge is 2.50. The maximum absolute atomic E-state index is 12.7. The van der Waals surface area contributed by atoms with Crippen LogP contribution >= 0.6 is 0 Å². The van der Waals surface area contributed by atoms with E-state index in [2.05, 4.69) is 10.6 Å². The summed E-state index contributed by atoms with van der Waals surface area (Å²) in [5, 5.41) is 6.41. The molecule has 0 aromatic heterocycles. The number of rotatable bonds is 2. The quantitative estimate of drug-likeness (QED) is 0.777. The number of carbonyl (C=O) groups is 1. The molecule has 2 saturated heterocycles. The molecule has 3 atom stereocenters. The van der Waals surface area contributed by atoms with Crippen LogP contribution in [0.15, 0.2) is 0 Å². The van der Waals surface area contributed by atoms with E-state index in [1.54, 1.807) is 0 Å². The van der Waals surface area contributed by atoms with Crippen molar-refractivity contribution in [1.82, 2.24) is 10.6 Å². The van der Waals surface area contributed by atoms with Crippen molar-refractivity contribution in [3.05, 3.63) is 0 Å². The molecule has 0 bridgehead atoms. The molecule has 6 heteroatoms. The summed E-state index contributed by atoms with van der Waals surface area (Å²) >= 11 is 0. The van der Waals surface area contributed by atoms with Gasteiger partial charge in [-0.3, -0.25) is 4.79 Å². The summed E-state index contributed by atoms with van der Waals surface area (Å²) in [7, 11) is -2.96. The van der Waals surface area contributed by atoms with Crippen LogP contribution in [0.1, 0.15) is 38.5 Å². The predicted octanol–water partition coefficient (Wildman–Crippen LogP) is 0.460. The van der Waals surface area contributed by atoms with Gasteiger partial charge in [0.25, 0.3) is 0 Å². The molecule has 1 aliphatic carbocycles. The van der Waals surface area contributed by atoms with E-state index in [4.69, 9.17) is 0 Å². The van der Waals surface area contributed by atoms with Crippen molar-refractivity contribution in [3.8, 4) is 0 Å². The molecule has 0 radical (unpaired) electrons. The van der Waals surface area contributed by atoms with Gasteiger partial charge in [-0.2, -0.15) is 0 Å². The summed E-state index contributed by atoms with van der Waals surface area (Å²) in [6.45, 7) is 1.68. The Kier molecular flexibility index (Phi) is 3.79. The molecule has 3 aliphatic rings. The molecular weight excluding hydrogens is 276 g/mol. The van der Waals surface area contributed by atoms with Crippen LogP contribution in [0.5, 0.6) is 0 Å².